The zero-order valence-corrected chi connectivity index (χ0v) is 15.2. The zero-order chi connectivity index (χ0) is 18.6. The van der Waals surface area contributed by atoms with E-state index in [0.717, 1.165) is 43.5 Å². The van der Waals surface area contributed by atoms with Crippen molar-refractivity contribution in [1.82, 2.24) is 29.5 Å². The Morgan fingerprint density at radius 1 is 1.19 bits per heavy atom. The maximum Gasteiger partial charge on any atom is 0.254 e. The number of aryl methyl sites for hydroxylation is 1. The van der Waals surface area contributed by atoms with Crippen molar-refractivity contribution < 1.29 is 4.79 Å². The smallest absolute Gasteiger partial charge is 0.254 e. The molecule has 0 aliphatic carbocycles. The summed E-state index contributed by atoms with van der Waals surface area (Å²) in [6.07, 6.45) is 3.70. The standard InChI is InChI=1S/C18H22N8O/c1-14-12-16(26-18(23-14)21-13-22-26)20-7-5-17(27)25-10-8-24(9-11-25)15-4-2-3-6-19-15/h2-4,6,12-13,20H,5,7-11H2,1H3. The molecule has 0 bridgehead atoms. The van der Waals surface area contributed by atoms with Crippen molar-refractivity contribution >= 4 is 23.3 Å². The normalized spacial score (nSPS) is 14.6. The van der Waals surface area contributed by atoms with Crippen molar-refractivity contribution in [3.05, 3.63) is 42.5 Å². The minimum Gasteiger partial charge on any atom is -0.369 e. The van der Waals surface area contributed by atoms with Crippen LogP contribution in [-0.4, -0.2) is 68.1 Å². The average Bonchev–Trinajstić information content (AvgIpc) is 3.17. The molecular weight excluding hydrogens is 344 g/mol. The molecule has 1 amide bonds. The summed E-state index contributed by atoms with van der Waals surface area (Å²) in [6.45, 7) is 5.50. The molecule has 3 aromatic heterocycles. The molecule has 3 aromatic rings. The first-order valence-electron chi connectivity index (χ1n) is 9.06. The Kier molecular flexibility index (Phi) is 4.82. The third-order valence-corrected chi connectivity index (χ3v) is 4.63. The van der Waals surface area contributed by atoms with Gasteiger partial charge in [0, 0.05) is 57.1 Å². The summed E-state index contributed by atoms with van der Waals surface area (Å²) in [4.78, 5) is 29.4. The fourth-order valence-corrected chi connectivity index (χ4v) is 3.24. The van der Waals surface area contributed by atoms with Crippen LogP contribution in [0.5, 0.6) is 0 Å². The van der Waals surface area contributed by atoms with Gasteiger partial charge in [-0.2, -0.15) is 14.6 Å². The lowest BCUT2D eigenvalue weighted by Crippen LogP contribution is -2.49. The molecule has 0 unspecified atom stereocenters. The number of carbonyl (C=O) groups excluding carboxylic acids is 1. The van der Waals surface area contributed by atoms with Crippen LogP contribution in [0.3, 0.4) is 0 Å². The maximum atomic E-state index is 12.5. The van der Waals surface area contributed by atoms with Gasteiger partial charge in [-0.15, -0.1) is 0 Å². The molecule has 140 valence electrons. The van der Waals surface area contributed by atoms with Crippen molar-refractivity contribution in [3.63, 3.8) is 0 Å². The van der Waals surface area contributed by atoms with Gasteiger partial charge in [-0.25, -0.2) is 9.97 Å². The Morgan fingerprint density at radius 2 is 2.04 bits per heavy atom. The van der Waals surface area contributed by atoms with Crippen molar-refractivity contribution in [2.24, 2.45) is 0 Å². The molecule has 9 heteroatoms. The highest BCUT2D eigenvalue weighted by Crippen LogP contribution is 2.14. The molecule has 4 heterocycles. The highest BCUT2D eigenvalue weighted by Gasteiger charge is 2.21. The summed E-state index contributed by atoms with van der Waals surface area (Å²) < 4.78 is 1.64. The van der Waals surface area contributed by atoms with E-state index in [4.69, 9.17) is 0 Å². The molecule has 0 aromatic carbocycles. The molecule has 0 radical (unpaired) electrons. The van der Waals surface area contributed by atoms with Crippen LogP contribution in [0.1, 0.15) is 12.1 Å². The van der Waals surface area contributed by atoms with E-state index in [-0.39, 0.29) is 5.91 Å². The fourth-order valence-electron chi connectivity index (χ4n) is 3.24. The van der Waals surface area contributed by atoms with Crippen LogP contribution in [0.15, 0.2) is 36.8 Å². The van der Waals surface area contributed by atoms with Crippen LogP contribution in [0, 0.1) is 6.92 Å². The van der Waals surface area contributed by atoms with Crippen molar-refractivity contribution in [3.8, 4) is 0 Å². The van der Waals surface area contributed by atoms with Gasteiger partial charge in [0.2, 0.25) is 5.91 Å². The lowest BCUT2D eigenvalue weighted by molar-refractivity contribution is -0.131. The number of piperazine rings is 1. The number of aromatic nitrogens is 5. The Hall–Kier alpha value is -3.23. The van der Waals surface area contributed by atoms with Crippen molar-refractivity contribution in [2.45, 2.75) is 13.3 Å². The van der Waals surface area contributed by atoms with Gasteiger partial charge in [0.15, 0.2) is 0 Å². The lowest BCUT2D eigenvalue weighted by Gasteiger charge is -2.35. The second-order valence-electron chi connectivity index (χ2n) is 6.49. The minimum atomic E-state index is 0.156. The molecule has 1 N–H and O–H groups in total. The van der Waals surface area contributed by atoms with Gasteiger partial charge in [-0.05, 0) is 19.1 Å². The first-order chi connectivity index (χ1) is 13.2. The SMILES string of the molecule is Cc1cc(NCCC(=O)N2CCN(c3ccccn3)CC2)n2ncnc2n1. The number of nitrogens with one attached hydrogen (secondary N) is 1. The van der Waals surface area contributed by atoms with Crippen LogP contribution in [0.2, 0.25) is 0 Å². The summed E-state index contributed by atoms with van der Waals surface area (Å²) in [6, 6.07) is 7.80. The van der Waals surface area contributed by atoms with Gasteiger partial charge >= 0.3 is 0 Å². The highest BCUT2D eigenvalue weighted by molar-refractivity contribution is 5.77. The summed E-state index contributed by atoms with van der Waals surface area (Å²) in [5.74, 6) is 2.47. The Balaban J connectivity index is 1.28. The Bertz CT molecular complexity index is 918. The van der Waals surface area contributed by atoms with Gasteiger partial charge in [0.05, 0.1) is 0 Å². The van der Waals surface area contributed by atoms with E-state index >= 15 is 0 Å². The Labute approximate surface area is 157 Å². The average molecular weight is 366 g/mol. The van der Waals surface area contributed by atoms with E-state index in [1.165, 1.54) is 6.33 Å². The lowest BCUT2D eigenvalue weighted by atomic mass is 10.2. The van der Waals surface area contributed by atoms with Crippen LogP contribution < -0.4 is 10.2 Å². The molecule has 0 spiro atoms. The van der Waals surface area contributed by atoms with Gasteiger partial charge < -0.3 is 15.1 Å². The van der Waals surface area contributed by atoms with E-state index < -0.39 is 0 Å². The summed E-state index contributed by atoms with van der Waals surface area (Å²) >= 11 is 0. The number of hydrogen-bond acceptors (Lipinski definition) is 7. The van der Waals surface area contributed by atoms with Crippen LogP contribution in [0.4, 0.5) is 11.6 Å². The molecule has 27 heavy (non-hydrogen) atoms. The van der Waals surface area contributed by atoms with E-state index in [9.17, 15) is 4.79 Å². The first-order valence-corrected chi connectivity index (χ1v) is 9.06. The monoisotopic (exact) mass is 366 g/mol. The molecule has 0 atom stereocenters. The third-order valence-electron chi connectivity index (χ3n) is 4.63. The molecule has 1 aliphatic heterocycles. The zero-order valence-electron chi connectivity index (χ0n) is 15.2. The largest absolute Gasteiger partial charge is 0.369 e. The summed E-state index contributed by atoms with van der Waals surface area (Å²) in [7, 11) is 0. The molecule has 1 aliphatic rings. The molecule has 9 nitrogen and oxygen atoms in total. The summed E-state index contributed by atoms with van der Waals surface area (Å²) in [5, 5.41) is 7.43. The van der Waals surface area contributed by atoms with E-state index in [0.29, 0.717) is 18.7 Å². The van der Waals surface area contributed by atoms with Gasteiger partial charge in [0.1, 0.15) is 18.0 Å². The van der Waals surface area contributed by atoms with Crippen molar-refractivity contribution in [1.29, 1.82) is 0 Å². The second kappa shape index (κ2) is 7.56. The van der Waals surface area contributed by atoms with E-state index in [1.54, 1.807) is 10.7 Å². The second-order valence-corrected chi connectivity index (χ2v) is 6.49. The predicted octanol–water partition coefficient (Wildman–Crippen LogP) is 0.979. The molecule has 4 rings (SSSR count). The quantitative estimate of drug-likeness (QED) is 0.720. The number of fused-ring (bicyclic) bond motifs is 1. The number of nitrogens with zero attached hydrogens (tertiary/aromatic N) is 7. The highest BCUT2D eigenvalue weighted by atomic mass is 16.2. The minimum absolute atomic E-state index is 0.156. The fraction of sp³-hybridized carbons (Fsp3) is 0.389. The number of anilines is 2. The van der Waals surface area contributed by atoms with Gasteiger partial charge in [-0.3, -0.25) is 4.79 Å². The number of hydrogen-bond donors (Lipinski definition) is 1. The van der Waals surface area contributed by atoms with E-state index in [1.807, 2.05) is 36.1 Å². The number of rotatable bonds is 5. The molecule has 1 fully saturated rings. The number of pyridine rings is 1. The maximum absolute atomic E-state index is 12.5. The van der Waals surface area contributed by atoms with Crippen LogP contribution in [-0.2, 0) is 4.79 Å². The third kappa shape index (κ3) is 3.81. The topological polar surface area (TPSA) is 91.6 Å². The predicted molar refractivity (Wildman–Crippen MR) is 102 cm³/mol. The van der Waals surface area contributed by atoms with Crippen LogP contribution >= 0.6 is 0 Å². The van der Waals surface area contributed by atoms with Gasteiger partial charge in [0.25, 0.3) is 5.78 Å². The summed E-state index contributed by atoms with van der Waals surface area (Å²) in [5.41, 5.74) is 0.856. The molecular formula is C18H22N8O. The first kappa shape index (κ1) is 17.2. The van der Waals surface area contributed by atoms with E-state index in [2.05, 4.69) is 30.3 Å². The number of carbonyl (C=O) groups is 1. The van der Waals surface area contributed by atoms with Gasteiger partial charge in [-0.1, -0.05) is 6.07 Å². The number of amides is 1. The Morgan fingerprint density at radius 3 is 2.81 bits per heavy atom. The van der Waals surface area contributed by atoms with Crippen LogP contribution in [0.25, 0.3) is 5.78 Å². The molecule has 0 saturated carbocycles. The molecule has 1 saturated heterocycles. The van der Waals surface area contributed by atoms with Crippen molar-refractivity contribution in [2.75, 3.05) is 42.9 Å².